The summed E-state index contributed by atoms with van der Waals surface area (Å²) < 4.78 is 18.7. The summed E-state index contributed by atoms with van der Waals surface area (Å²) in [7, 11) is -3.59. The lowest BCUT2D eigenvalue weighted by Crippen LogP contribution is -2.05. The highest BCUT2D eigenvalue weighted by Gasteiger charge is 2.26. The predicted octanol–water partition coefficient (Wildman–Crippen LogP) is 5.30. The van der Waals surface area contributed by atoms with Crippen LogP contribution >= 0.6 is 34.9 Å². The largest absolute Gasteiger partial charge is 0.333 e. The van der Waals surface area contributed by atoms with Crippen LogP contribution in [0.3, 0.4) is 0 Å². The standard InChI is InChI=1S/C14H18BrO3PS/c1-3-10(2)18-19(16,17)9-14-12(8-15)11-6-4-5-7-13(11)20-14/h4-7,10H,3,8-9H2,1-2H3,(H,16,17). The molecule has 0 amide bonds. The van der Waals surface area contributed by atoms with Gasteiger partial charge in [-0.2, -0.15) is 0 Å². The maximum Gasteiger partial charge on any atom is 0.333 e. The Morgan fingerprint density at radius 3 is 2.80 bits per heavy atom. The summed E-state index contributed by atoms with van der Waals surface area (Å²) in [4.78, 5) is 11.0. The van der Waals surface area contributed by atoms with E-state index in [4.69, 9.17) is 4.52 Å². The number of benzene rings is 1. The number of hydrogen-bond acceptors (Lipinski definition) is 3. The first kappa shape index (κ1) is 16.2. The smallest absolute Gasteiger partial charge is 0.324 e. The van der Waals surface area contributed by atoms with E-state index in [9.17, 15) is 9.46 Å². The second-order valence-corrected chi connectivity index (χ2v) is 8.25. The molecular weight excluding hydrogens is 359 g/mol. The van der Waals surface area contributed by atoms with Gasteiger partial charge in [-0.1, -0.05) is 41.1 Å². The molecule has 0 saturated carbocycles. The molecule has 1 heterocycles. The van der Waals surface area contributed by atoms with Crippen molar-refractivity contribution in [2.75, 3.05) is 0 Å². The Balaban J connectivity index is 2.31. The number of thiophene rings is 1. The molecule has 0 aliphatic rings. The molecule has 1 aromatic heterocycles. The van der Waals surface area contributed by atoms with E-state index in [0.717, 1.165) is 26.9 Å². The molecule has 0 radical (unpaired) electrons. The van der Waals surface area contributed by atoms with E-state index >= 15 is 0 Å². The molecule has 0 aliphatic heterocycles. The van der Waals surface area contributed by atoms with E-state index in [2.05, 4.69) is 15.9 Å². The summed E-state index contributed by atoms with van der Waals surface area (Å²) >= 11 is 5.04. The quantitative estimate of drug-likeness (QED) is 0.549. The Morgan fingerprint density at radius 1 is 1.45 bits per heavy atom. The third kappa shape index (κ3) is 3.71. The molecule has 1 N–H and O–H groups in total. The van der Waals surface area contributed by atoms with Crippen molar-refractivity contribution < 1.29 is 14.0 Å². The second kappa shape index (κ2) is 6.71. The van der Waals surface area contributed by atoms with Crippen LogP contribution in [0, 0.1) is 0 Å². The minimum Gasteiger partial charge on any atom is -0.324 e. The lowest BCUT2D eigenvalue weighted by Gasteiger charge is -2.16. The summed E-state index contributed by atoms with van der Waals surface area (Å²) in [5.41, 5.74) is 1.09. The third-order valence-corrected chi connectivity index (χ3v) is 6.57. The van der Waals surface area contributed by atoms with Gasteiger partial charge in [0.1, 0.15) is 0 Å². The van der Waals surface area contributed by atoms with Crippen LogP contribution in [0.5, 0.6) is 0 Å². The maximum atomic E-state index is 12.2. The second-order valence-electron chi connectivity index (χ2n) is 4.75. The lowest BCUT2D eigenvalue weighted by atomic mass is 10.2. The van der Waals surface area contributed by atoms with Crippen molar-refractivity contribution in [3.8, 4) is 0 Å². The molecule has 2 rings (SSSR count). The molecule has 0 aliphatic carbocycles. The van der Waals surface area contributed by atoms with Gasteiger partial charge in [0.2, 0.25) is 0 Å². The van der Waals surface area contributed by atoms with Crippen molar-refractivity contribution >= 4 is 44.9 Å². The van der Waals surface area contributed by atoms with Crippen molar-refractivity contribution in [1.82, 2.24) is 0 Å². The zero-order chi connectivity index (χ0) is 14.8. The first-order valence-electron chi connectivity index (χ1n) is 6.52. The van der Waals surface area contributed by atoms with Crippen LogP contribution in [0.4, 0.5) is 0 Å². The van der Waals surface area contributed by atoms with Gasteiger partial charge < -0.3 is 9.42 Å². The summed E-state index contributed by atoms with van der Waals surface area (Å²) in [6.07, 6.45) is 0.604. The van der Waals surface area contributed by atoms with Gasteiger partial charge in [-0.25, -0.2) is 0 Å². The van der Waals surface area contributed by atoms with Crippen LogP contribution in [-0.2, 0) is 20.6 Å². The van der Waals surface area contributed by atoms with Gasteiger partial charge in [-0.15, -0.1) is 11.3 Å². The minimum atomic E-state index is -3.59. The molecule has 3 nitrogen and oxygen atoms in total. The lowest BCUT2D eigenvalue weighted by molar-refractivity contribution is 0.185. The van der Waals surface area contributed by atoms with Crippen molar-refractivity contribution in [3.63, 3.8) is 0 Å². The Hall–Kier alpha value is -0.190. The van der Waals surface area contributed by atoms with Gasteiger partial charge in [-0.05, 0) is 30.4 Å². The third-order valence-electron chi connectivity index (χ3n) is 3.18. The molecule has 0 bridgehead atoms. The van der Waals surface area contributed by atoms with Crippen molar-refractivity contribution in [1.29, 1.82) is 0 Å². The number of rotatable bonds is 6. The summed E-state index contributed by atoms with van der Waals surface area (Å²) in [5.74, 6) is 0. The molecular formula is C14H18BrO3PS. The van der Waals surface area contributed by atoms with Crippen LogP contribution in [0.25, 0.3) is 10.1 Å². The Bertz CT molecular complexity index is 640. The van der Waals surface area contributed by atoms with Crippen molar-refractivity contribution in [3.05, 3.63) is 34.7 Å². The summed E-state index contributed by atoms with van der Waals surface area (Å²) in [6.45, 7) is 3.76. The minimum absolute atomic E-state index is 0.0810. The summed E-state index contributed by atoms with van der Waals surface area (Å²) in [5, 5.41) is 1.82. The zero-order valence-electron chi connectivity index (χ0n) is 11.5. The molecule has 0 fully saturated rings. The molecule has 0 saturated heterocycles. The van der Waals surface area contributed by atoms with Crippen LogP contribution in [0.1, 0.15) is 30.7 Å². The highest BCUT2D eigenvalue weighted by Crippen LogP contribution is 2.50. The molecule has 1 aromatic carbocycles. The zero-order valence-corrected chi connectivity index (χ0v) is 14.8. The van der Waals surface area contributed by atoms with E-state index in [1.54, 1.807) is 11.3 Å². The Kier molecular flexibility index (Phi) is 5.43. The topological polar surface area (TPSA) is 46.5 Å². The molecule has 0 spiro atoms. The van der Waals surface area contributed by atoms with Gasteiger partial charge in [0.15, 0.2) is 0 Å². The van der Waals surface area contributed by atoms with E-state index in [1.165, 1.54) is 0 Å². The van der Waals surface area contributed by atoms with Crippen molar-refractivity contribution in [2.45, 2.75) is 37.9 Å². The first-order chi connectivity index (χ1) is 9.46. The van der Waals surface area contributed by atoms with Crippen LogP contribution in [0.2, 0.25) is 0 Å². The predicted molar refractivity (Wildman–Crippen MR) is 88.8 cm³/mol. The highest BCUT2D eigenvalue weighted by molar-refractivity contribution is 9.08. The number of fused-ring (bicyclic) bond motifs is 1. The van der Waals surface area contributed by atoms with Crippen LogP contribution in [0.15, 0.2) is 24.3 Å². The number of hydrogen-bond donors (Lipinski definition) is 1. The van der Waals surface area contributed by atoms with E-state index in [0.29, 0.717) is 5.33 Å². The average molecular weight is 377 g/mol. The van der Waals surface area contributed by atoms with Gasteiger partial charge in [0.25, 0.3) is 0 Å². The Morgan fingerprint density at radius 2 is 2.15 bits per heavy atom. The molecule has 6 heteroatoms. The summed E-state index contributed by atoms with van der Waals surface area (Å²) in [6, 6.07) is 8.05. The fourth-order valence-electron chi connectivity index (χ4n) is 2.00. The van der Waals surface area contributed by atoms with Gasteiger partial charge in [0, 0.05) is 14.9 Å². The normalized spacial score (nSPS) is 16.2. The highest BCUT2D eigenvalue weighted by atomic mass is 79.9. The fraction of sp³-hybridized carbons (Fsp3) is 0.429. The monoisotopic (exact) mass is 376 g/mol. The van der Waals surface area contributed by atoms with Gasteiger partial charge in [-0.3, -0.25) is 4.57 Å². The van der Waals surface area contributed by atoms with Crippen LogP contribution < -0.4 is 0 Å². The fourth-order valence-corrected chi connectivity index (χ4v) is 5.93. The van der Waals surface area contributed by atoms with Crippen molar-refractivity contribution in [2.24, 2.45) is 0 Å². The molecule has 2 atom stereocenters. The average Bonchev–Trinajstić information content (AvgIpc) is 2.73. The molecule has 2 unspecified atom stereocenters. The number of alkyl halides is 1. The van der Waals surface area contributed by atoms with Crippen LogP contribution in [-0.4, -0.2) is 11.0 Å². The Labute approximate surface area is 131 Å². The first-order valence-corrected chi connectivity index (χ1v) is 10.2. The number of halogens is 1. The van der Waals surface area contributed by atoms with Gasteiger partial charge >= 0.3 is 7.60 Å². The molecule has 20 heavy (non-hydrogen) atoms. The van der Waals surface area contributed by atoms with E-state index in [-0.39, 0.29) is 12.3 Å². The molecule has 110 valence electrons. The maximum absolute atomic E-state index is 12.2. The SMILES string of the molecule is CCC(C)OP(=O)(O)Cc1sc2ccccc2c1CBr. The van der Waals surface area contributed by atoms with E-state index < -0.39 is 7.60 Å². The van der Waals surface area contributed by atoms with Gasteiger partial charge in [0.05, 0.1) is 12.3 Å². The van der Waals surface area contributed by atoms with E-state index in [1.807, 2.05) is 38.1 Å². The molecule has 2 aromatic rings.